The smallest absolute Gasteiger partial charge is 0.193 e. The maximum Gasteiger partial charge on any atom is 0.193 e. The van der Waals surface area contributed by atoms with Gasteiger partial charge in [-0.2, -0.15) is 11.8 Å². The molecule has 0 amide bonds. The molecule has 0 saturated carbocycles. The molecule has 0 aromatic rings. The fraction of sp³-hybridized carbons (Fsp3) is 0.941. The number of aliphatic imine (C=N–C) groups is 1. The van der Waals surface area contributed by atoms with E-state index in [0.717, 1.165) is 64.2 Å². The average molecular weight is 471 g/mol. The lowest BCUT2D eigenvalue weighted by molar-refractivity contribution is 0.0625. The van der Waals surface area contributed by atoms with Gasteiger partial charge in [0.1, 0.15) is 0 Å². The highest BCUT2D eigenvalue weighted by molar-refractivity contribution is 14.0. The summed E-state index contributed by atoms with van der Waals surface area (Å²) in [4.78, 5) is 6.73. The predicted octanol–water partition coefficient (Wildman–Crippen LogP) is 2.84. The van der Waals surface area contributed by atoms with E-state index in [0.29, 0.717) is 0 Å². The van der Waals surface area contributed by atoms with Gasteiger partial charge in [-0.05, 0) is 44.3 Å². The molecule has 5 nitrogen and oxygen atoms in total. The Morgan fingerprint density at radius 1 is 1.21 bits per heavy atom. The van der Waals surface area contributed by atoms with Crippen LogP contribution in [0.1, 0.15) is 32.1 Å². The van der Waals surface area contributed by atoms with Gasteiger partial charge in [0, 0.05) is 58.4 Å². The molecular formula is C17H34IN3O2S. The van der Waals surface area contributed by atoms with Gasteiger partial charge in [-0.25, -0.2) is 0 Å². The third kappa shape index (κ3) is 6.88. The van der Waals surface area contributed by atoms with Crippen LogP contribution in [-0.2, 0) is 9.47 Å². The van der Waals surface area contributed by atoms with E-state index in [1.165, 1.54) is 19.3 Å². The second-order valence-corrected chi connectivity index (χ2v) is 7.94. The van der Waals surface area contributed by atoms with Crippen LogP contribution >= 0.6 is 35.7 Å². The predicted molar refractivity (Wildman–Crippen MR) is 114 cm³/mol. The maximum atomic E-state index is 5.52. The lowest BCUT2D eigenvalue weighted by Crippen LogP contribution is -2.48. The summed E-state index contributed by atoms with van der Waals surface area (Å²) in [5.41, 5.74) is 0. The maximum absolute atomic E-state index is 5.52. The number of nitrogens with one attached hydrogen (secondary N) is 1. The molecule has 0 atom stereocenters. The second kappa shape index (κ2) is 11.8. The Labute approximate surface area is 168 Å². The van der Waals surface area contributed by atoms with Crippen molar-refractivity contribution in [1.82, 2.24) is 10.2 Å². The van der Waals surface area contributed by atoms with Crippen LogP contribution in [0.5, 0.6) is 0 Å². The SMILES string of the molecule is CN=C(NCC1(SC)CCOCC1)N(C)CCC1CCOCC1.I. The fourth-order valence-corrected chi connectivity index (χ4v) is 4.13. The van der Waals surface area contributed by atoms with Crippen LogP contribution in [0.2, 0.25) is 0 Å². The Kier molecular flexibility index (Phi) is 11.0. The molecule has 0 radical (unpaired) electrons. The van der Waals surface area contributed by atoms with Gasteiger partial charge in [-0.1, -0.05) is 0 Å². The first kappa shape index (κ1) is 22.3. The van der Waals surface area contributed by atoms with Crippen LogP contribution < -0.4 is 5.32 Å². The summed E-state index contributed by atoms with van der Waals surface area (Å²) < 4.78 is 11.3. The average Bonchev–Trinajstić information content (AvgIpc) is 2.62. The quantitative estimate of drug-likeness (QED) is 0.367. The molecule has 1 N–H and O–H groups in total. The molecule has 0 spiro atoms. The second-order valence-electron chi connectivity index (χ2n) is 6.67. The van der Waals surface area contributed by atoms with Crippen LogP contribution in [0.25, 0.3) is 0 Å². The fourth-order valence-electron chi connectivity index (χ4n) is 3.34. The Morgan fingerprint density at radius 3 is 2.42 bits per heavy atom. The van der Waals surface area contributed by atoms with Crippen molar-refractivity contribution in [3.63, 3.8) is 0 Å². The van der Waals surface area contributed by atoms with Crippen molar-refractivity contribution >= 4 is 41.7 Å². The minimum atomic E-state index is 0. The van der Waals surface area contributed by atoms with E-state index < -0.39 is 0 Å². The van der Waals surface area contributed by atoms with Crippen molar-refractivity contribution in [1.29, 1.82) is 0 Å². The number of halogens is 1. The molecule has 7 heteroatoms. The van der Waals surface area contributed by atoms with E-state index in [2.05, 4.69) is 28.5 Å². The Hall–Kier alpha value is 0.270. The van der Waals surface area contributed by atoms with Gasteiger partial charge in [-0.15, -0.1) is 24.0 Å². The van der Waals surface area contributed by atoms with E-state index in [1.54, 1.807) is 0 Å². The normalized spacial score (nSPS) is 21.9. The Balaban J connectivity index is 0.00000288. The van der Waals surface area contributed by atoms with Gasteiger partial charge < -0.3 is 19.7 Å². The van der Waals surface area contributed by atoms with Crippen LogP contribution in [0.4, 0.5) is 0 Å². The molecule has 142 valence electrons. The van der Waals surface area contributed by atoms with Crippen LogP contribution in [-0.4, -0.2) is 75.5 Å². The third-order valence-electron chi connectivity index (χ3n) is 5.19. The van der Waals surface area contributed by atoms with Crippen molar-refractivity contribution in [3.8, 4) is 0 Å². The molecule has 2 rings (SSSR count). The summed E-state index contributed by atoms with van der Waals surface area (Å²) in [5.74, 6) is 1.81. The van der Waals surface area contributed by atoms with E-state index in [9.17, 15) is 0 Å². The van der Waals surface area contributed by atoms with Gasteiger partial charge >= 0.3 is 0 Å². The molecule has 0 aromatic heterocycles. The number of nitrogens with zero attached hydrogens (tertiary/aromatic N) is 2. The zero-order valence-electron chi connectivity index (χ0n) is 15.4. The summed E-state index contributed by atoms with van der Waals surface area (Å²) in [7, 11) is 4.02. The first-order chi connectivity index (χ1) is 11.2. The monoisotopic (exact) mass is 471 g/mol. The number of thioether (sulfide) groups is 1. The van der Waals surface area contributed by atoms with Crippen molar-refractivity contribution in [2.24, 2.45) is 10.9 Å². The minimum Gasteiger partial charge on any atom is -0.381 e. The van der Waals surface area contributed by atoms with E-state index >= 15 is 0 Å². The van der Waals surface area contributed by atoms with Crippen molar-refractivity contribution in [3.05, 3.63) is 0 Å². The number of rotatable bonds is 6. The van der Waals surface area contributed by atoms with Gasteiger partial charge in [0.25, 0.3) is 0 Å². The topological polar surface area (TPSA) is 46.1 Å². The van der Waals surface area contributed by atoms with Crippen molar-refractivity contribution in [2.45, 2.75) is 36.9 Å². The highest BCUT2D eigenvalue weighted by atomic mass is 127. The first-order valence-electron chi connectivity index (χ1n) is 8.81. The summed E-state index contributed by atoms with van der Waals surface area (Å²) >= 11 is 1.96. The van der Waals surface area contributed by atoms with Crippen molar-refractivity contribution in [2.75, 3.05) is 59.9 Å². The molecule has 2 aliphatic heterocycles. The van der Waals surface area contributed by atoms with Gasteiger partial charge in [0.15, 0.2) is 5.96 Å². The van der Waals surface area contributed by atoms with E-state index in [4.69, 9.17) is 9.47 Å². The largest absolute Gasteiger partial charge is 0.381 e. The molecule has 24 heavy (non-hydrogen) atoms. The van der Waals surface area contributed by atoms with Crippen molar-refractivity contribution < 1.29 is 9.47 Å². The summed E-state index contributed by atoms with van der Waals surface area (Å²) in [6, 6.07) is 0. The summed E-state index contributed by atoms with van der Waals surface area (Å²) in [5, 5.41) is 3.59. The van der Waals surface area contributed by atoms with E-state index in [-0.39, 0.29) is 28.7 Å². The van der Waals surface area contributed by atoms with Gasteiger partial charge in [0.2, 0.25) is 0 Å². The lowest BCUT2D eigenvalue weighted by atomic mass is 9.96. The molecular weight excluding hydrogens is 437 g/mol. The van der Waals surface area contributed by atoms with Crippen LogP contribution in [0, 0.1) is 5.92 Å². The minimum absolute atomic E-state index is 0. The summed E-state index contributed by atoms with van der Waals surface area (Å²) in [6.07, 6.45) is 8.07. The van der Waals surface area contributed by atoms with Gasteiger partial charge in [-0.3, -0.25) is 4.99 Å². The number of hydrogen-bond donors (Lipinski definition) is 1. The Bertz CT molecular complexity index is 373. The zero-order valence-corrected chi connectivity index (χ0v) is 18.5. The lowest BCUT2D eigenvalue weighted by Gasteiger charge is -2.37. The molecule has 0 aliphatic carbocycles. The number of ether oxygens (including phenoxy) is 2. The highest BCUT2D eigenvalue weighted by Crippen LogP contribution is 2.33. The van der Waals surface area contributed by atoms with E-state index in [1.807, 2.05) is 18.8 Å². The van der Waals surface area contributed by atoms with Crippen LogP contribution in [0.15, 0.2) is 4.99 Å². The molecule has 0 aromatic carbocycles. The first-order valence-corrected chi connectivity index (χ1v) is 10.0. The molecule has 2 aliphatic rings. The molecule has 2 fully saturated rings. The summed E-state index contributed by atoms with van der Waals surface area (Å²) in [6.45, 7) is 5.63. The third-order valence-corrected chi connectivity index (χ3v) is 6.61. The zero-order chi connectivity index (χ0) is 16.5. The van der Waals surface area contributed by atoms with Crippen LogP contribution in [0.3, 0.4) is 0 Å². The number of guanidine groups is 1. The molecule has 2 heterocycles. The molecule has 0 bridgehead atoms. The molecule has 0 unspecified atom stereocenters. The van der Waals surface area contributed by atoms with Gasteiger partial charge in [0.05, 0.1) is 0 Å². The number of hydrogen-bond acceptors (Lipinski definition) is 4. The molecule has 2 saturated heterocycles. The standard InChI is InChI=1S/C17H33N3O2S.HI/c1-18-16(19-14-17(23-3)7-12-22-13-8-17)20(2)9-4-15-5-10-21-11-6-15;/h15H,4-14H2,1-3H3,(H,18,19);1H. The Morgan fingerprint density at radius 2 is 1.83 bits per heavy atom. The highest BCUT2D eigenvalue weighted by Gasteiger charge is 2.32.